The number of unbranched alkanes of at least 4 members (excludes halogenated alkanes) is 27. The molecule has 75 heavy (non-hydrogen) atoms. The van der Waals surface area contributed by atoms with Gasteiger partial charge in [0.1, 0.15) is 13.2 Å². The number of carbonyl (C=O) groups excluding carboxylic acids is 3. The van der Waals surface area contributed by atoms with Crippen molar-refractivity contribution < 1.29 is 28.6 Å². The molecule has 0 aromatic carbocycles. The summed E-state index contributed by atoms with van der Waals surface area (Å²) >= 11 is 0. The highest BCUT2D eigenvalue weighted by Gasteiger charge is 2.19. The maximum atomic E-state index is 12.9. The van der Waals surface area contributed by atoms with Crippen LogP contribution in [0.1, 0.15) is 290 Å². The van der Waals surface area contributed by atoms with Crippen molar-refractivity contribution in [2.24, 2.45) is 0 Å². The first-order valence-electron chi connectivity index (χ1n) is 31.4. The smallest absolute Gasteiger partial charge is 0.306 e. The number of rotatable bonds is 56. The Balaban J connectivity index is 4.36. The van der Waals surface area contributed by atoms with Gasteiger partial charge in [-0.3, -0.25) is 14.4 Å². The normalized spacial score (nSPS) is 12.8. The summed E-state index contributed by atoms with van der Waals surface area (Å²) in [5.41, 5.74) is 0. The SMILES string of the molecule is CC/C=C\C/C=C\C/C=C\C/C=C\C/C=C\C/C=C\C/C=C\C/C=C\CCCCCCC(=O)OCC(COC(=O)CCCCCCC/C=C\CCCCCC)OC(=O)CCCCCCCCCCCCCCCCC. The van der Waals surface area contributed by atoms with Crippen LogP contribution in [-0.2, 0) is 28.6 Å². The van der Waals surface area contributed by atoms with Gasteiger partial charge in [0.05, 0.1) is 0 Å². The van der Waals surface area contributed by atoms with Gasteiger partial charge in [-0.05, 0) is 109 Å². The van der Waals surface area contributed by atoms with Crippen molar-refractivity contribution in [1.82, 2.24) is 0 Å². The lowest BCUT2D eigenvalue weighted by Crippen LogP contribution is -2.30. The molecule has 0 aliphatic carbocycles. The van der Waals surface area contributed by atoms with Crippen molar-refractivity contribution >= 4 is 17.9 Å². The van der Waals surface area contributed by atoms with Crippen LogP contribution >= 0.6 is 0 Å². The van der Waals surface area contributed by atoms with Crippen LogP contribution in [0.15, 0.2) is 109 Å². The summed E-state index contributed by atoms with van der Waals surface area (Å²) in [4.78, 5) is 38.2. The van der Waals surface area contributed by atoms with E-state index < -0.39 is 6.10 Å². The molecule has 0 saturated carbocycles. The molecule has 1 unspecified atom stereocenters. The van der Waals surface area contributed by atoms with Gasteiger partial charge in [-0.25, -0.2) is 0 Å². The molecule has 0 amide bonds. The standard InChI is InChI=1S/C69H116O6/c1-4-7-10-13-16-19-22-25-27-28-29-30-31-32-33-34-35-36-37-38-39-40-42-44-47-50-53-56-59-62-68(71)74-65-66(64-73-67(70)61-58-55-52-49-46-43-24-21-18-15-12-9-6-3)75-69(72)63-60-57-54-51-48-45-41-26-23-20-17-14-11-8-5-2/h7,10,16,19,21,24-25,27,29-30,32-33,35-36,38-39,42,44,66H,4-6,8-9,11-15,17-18,20,22-23,26,28,31,34,37,40-41,43,45-65H2,1-3H3/b10-7-,19-16-,24-21-,27-25-,30-29-,33-32-,36-35-,39-38-,44-42-. The Morgan fingerprint density at radius 1 is 0.280 bits per heavy atom. The Kier molecular flexibility index (Phi) is 59.3. The van der Waals surface area contributed by atoms with Gasteiger partial charge in [0.2, 0.25) is 0 Å². The van der Waals surface area contributed by atoms with Gasteiger partial charge in [0.25, 0.3) is 0 Å². The molecule has 0 bridgehead atoms. The fourth-order valence-corrected chi connectivity index (χ4v) is 8.57. The van der Waals surface area contributed by atoms with Crippen LogP contribution in [0, 0.1) is 0 Å². The van der Waals surface area contributed by atoms with Crippen LogP contribution in [0.4, 0.5) is 0 Å². The van der Waals surface area contributed by atoms with E-state index in [4.69, 9.17) is 14.2 Å². The van der Waals surface area contributed by atoms with Gasteiger partial charge in [0.15, 0.2) is 6.10 Å². The van der Waals surface area contributed by atoms with Crippen LogP contribution < -0.4 is 0 Å². The number of esters is 3. The van der Waals surface area contributed by atoms with Gasteiger partial charge in [-0.15, -0.1) is 0 Å². The second-order valence-electron chi connectivity index (χ2n) is 20.6. The van der Waals surface area contributed by atoms with Gasteiger partial charge in [-0.1, -0.05) is 271 Å². The van der Waals surface area contributed by atoms with E-state index in [0.29, 0.717) is 19.3 Å². The largest absolute Gasteiger partial charge is 0.462 e. The first kappa shape index (κ1) is 71.1. The van der Waals surface area contributed by atoms with E-state index in [1.165, 1.54) is 122 Å². The van der Waals surface area contributed by atoms with Gasteiger partial charge in [0, 0.05) is 19.3 Å². The summed E-state index contributed by atoms with van der Waals surface area (Å²) in [5.74, 6) is -0.916. The molecule has 6 heteroatoms. The number of allylic oxidation sites excluding steroid dienone is 18. The summed E-state index contributed by atoms with van der Waals surface area (Å²) in [6, 6.07) is 0. The minimum Gasteiger partial charge on any atom is -0.462 e. The number of hydrogen-bond acceptors (Lipinski definition) is 6. The Morgan fingerprint density at radius 3 is 0.840 bits per heavy atom. The van der Waals surface area contributed by atoms with Crippen LogP contribution in [0.3, 0.4) is 0 Å². The average molecular weight is 1040 g/mol. The summed E-state index contributed by atoms with van der Waals surface area (Å²) < 4.78 is 16.9. The minimum absolute atomic E-state index is 0.0890. The average Bonchev–Trinajstić information content (AvgIpc) is 3.41. The predicted molar refractivity (Wildman–Crippen MR) is 325 cm³/mol. The molecule has 0 aliphatic rings. The van der Waals surface area contributed by atoms with Gasteiger partial charge in [-0.2, -0.15) is 0 Å². The summed E-state index contributed by atoms with van der Waals surface area (Å²) in [7, 11) is 0. The van der Waals surface area contributed by atoms with E-state index in [-0.39, 0.29) is 31.1 Å². The van der Waals surface area contributed by atoms with E-state index >= 15 is 0 Å². The first-order chi connectivity index (χ1) is 37.0. The predicted octanol–water partition coefficient (Wildman–Crippen LogP) is 21.4. The van der Waals surface area contributed by atoms with E-state index in [2.05, 4.69) is 130 Å². The minimum atomic E-state index is -0.792. The molecule has 0 aromatic heterocycles. The first-order valence-corrected chi connectivity index (χ1v) is 31.4. The molecule has 6 nitrogen and oxygen atoms in total. The van der Waals surface area contributed by atoms with Crippen molar-refractivity contribution in [3.8, 4) is 0 Å². The second-order valence-corrected chi connectivity index (χ2v) is 20.6. The molecule has 1 atom stereocenters. The van der Waals surface area contributed by atoms with Crippen molar-refractivity contribution in [2.75, 3.05) is 13.2 Å². The van der Waals surface area contributed by atoms with E-state index in [1.807, 2.05) is 0 Å². The quantitative estimate of drug-likeness (QED) is 0.0261. The molecule has 0 radical (unpaired) electrons. The lowest BCUT2D eigenvalue weighted by Gasteiger charge is -2.18. The summed E-state index contributed by atoms with van der Waals surface area (Å²) in [6.07, 6.45) is 85.2. The fourth-order valence-electron chi connectivity index (χ4n) is 8.57. The van der Waals surface area contributed by atoms with Crippen molar-refractivity contribution in [1.29, 1.82) is 0 Å². The monoisotopic (exact) mass is 1040 g/mol. The Labute approximate surface area is 463 Å². The topological polar surface area (TPSA) is 78.9 Å². The highest BCUT2D eigenvalue weighted by atomic mass is 16.6. The highest BCUT2D eigenvalue weighted by molar-refractivity contribution is 5.71. The molecule has 0 heterocycles. The molecule has 0 spiro atoms. The lowest BCUT2D eigenvalue weighted by molar-refractivity contribution is -0.167. The Bertz CT molecular complexity index is 1520. The number of ether oxygens (including phenoxy) is 3. The fraction of sp³-hybridized carbons (Fsp3) is 0.696. The van der Waals surface area contributed by atoms with Gasteiger partial charge >= 0.3 is 17.9 Å². The van der Waals surface area contributed by atoms with Crippen molar-refractivity contribution in [2.45, 2.75) is 297 Å². The zero-order chi connectivity index (χ0) is 54.3. The third-order valence-corrected chi connectivity index (χ3v) is 13.3. The summed E-state index contributed by atoms with van der Waals surface area (Å²) in [5, 5.41) is 0. The van der Waals surface area contributed by atoms with E-state index in [1.54, 1.807) is 0 Å². The molecule has 0 fully saturated rings. The second kappa shape index (κ2) is 62.6. The molecular weight excluding hydrogens is 925 g/mol. The van der Waals surface area contributed by atoms with Crippen LogP contribution in [0.2, 0.25) is 0 Å². The number of carbonyl (C=O) groups is 3. The molecule has 0 N–H and O–H groups in total. The molecular formula is C69H116O6. The van der Waals surface area contributed by atoms with Crippen LogP contribution in [0.25, 0.3) is 0 Å². The maximum Gasteiger partial charge on any atom is 0.306 e. The molecule has 0 aromatic rings. The Morgan fingerprint density at radius 2 is 0.520 bits per heavy atom. The lowest BCUT2D eigenvalue weighted by atomic mass is 10.0. The van der Waals surface area contributed by atoms with Crippen LogP contribution in [-0.4, -0.2) is 37.2 Å². The highest BCUT2D eigenvalue weighted by Crippen LogP contribution is 2.16. The molecule has 0 rings (SSSR count). The molecule has 0 saturated heterocycles. The van der Waals surface area contributed by atoms with Crippen molar-refractivity contribution in [3.05, 3.63) is 109 Å². The zero-order valence-electron chi connectivity index (χ0n) is 49.0. The maximum absolute atomic E-state index is 12.9. The van der Waals surface area contributed by atoms with Gasteiger partial charge < -0.3 is 14.2 Å². The zero-order valence-corrected chi connectivity index (χ0v) is 49.0. The third kappa shape index (κ3) is 60.8. The Hall–Kier alpha value is -3.93. The van der Waals surface area contributed by atoms with Crippen LogP contribution in [0.5, 0.6) is 0 Å². The summed E-state index contributed by atoms with van der Waals surface area (Å²) in [6.45, 7) is 6.50. The molecule has 0 aliphatic heterocycles. The van der Waals surface area contributed by atoms with Crippen molar-refractivity contribution in [3.63, 3.8) is 0 Å². The van der Waals surface area contributed by atoms with E-state index in [9.17, 15) is 14.4 Å². The number of hydrogen-bond donors (Lipinski definition) is 0. The van der Waals surface area contributed by atoms with E-state index in [0.717, 1.165) is 128 Å². The third-order valence-electron chi connectivity index (χ3n) is 13.3. The molecule has 428 valence electrons.